The summed E-state index contributed by atoms with van der Waals surface area (Å²) in [6, 6.07) is 1.53. The minimum atomic E-state index is -0.234. The predicted molar refractivity (Wildman–Crippen MR) is 96.6 cm³/mol. The lowest BCUT2D eigenvalue weighted by atomic mass is 10.0. The number of anilines is 1. The third-order valence-corrected chi connectivity index (χ3v) is 4.86. The Morgan fingerprint density at radius 3 is 2.92 bits per heavy atom. The summed E-state index contributed by atoms with van der Waals surface area (Å²) in [5.41, 5.74) is 0.912. The average Bonchev–Trinajstić information content (AvgIpc) is 3.10. The van der Waals surface area contributed by atoms with Crippen LogP contribution >= 0.6 is 0 Å². The third-order valence-electron chi connectivity index (χ3n) is 4.86. The first-order chi connectivity index (χ1) is 12.0. The van der Waals surface area contributed by atoms with Gasteiger partial charge in [-0.2, -0.15) is 0 Å². The molecule has 2 aromatic heterocycles. The van der Waals surface area contributed by atoms with Crippen molar-refractivity contribution in [3.8, 4) is 0 Å². The first-order valence-electron chi connectivity index (χ1n) is 8.77. The number of hydrogen-bond donors (Lipinski definition) is 1. The molecule has 0 aromatic carbocycles. The SMILES string of the molecule is CCn1ccnc1[C@H]1CCCCN1C(=O)Nc1c(C)ccn(C)c1=O. The van der Waals surface area contributed by atoms with Crippen molar-refractivity contribution in [2.75, 3.05) is 11.9 Å². The lowest BCUT2D eigenvalue weighted by molar-refractivity contribution is 0.157. The first kappa shape index (κ1) is 17.3. The maximum atomic E-state index is 12.9. The number of nitrogens with one attached hydrogen (secondary N) is 1. The largest absolute Gasteiger partial charge is 0.333 e. The molecule has 7 heteroatoms. The fourth-order valence-corrected chi connectivity index (χ4v) is 3.38. The van der Waals surface area contributed by atoms with Crippen molar-refractivity contribution in [3.63, 3.8) is 0 Å². The highest BCUT2D eigenvalue weighted by Crippen LogP contribution is 2.30. The molecule has 0 radical (unpaired) electrons. The number of pyridine rings is 1. The summed E-state index contributed by atoms with van der Waals surface area (Å²) in [5, 5.41) is 2.84. The number of likely N-dealkylation sites (tertiary alicyclic amines) is 1. The Hall–Kier alpha value is -2.57. The van der Waals surface area contributed by atoms with E-state index in [-0.39, 0.29) is 17.6 Å². The number of nitrogens with zero attached hydrogens (tertiary/aromatic N) is 4. The highest BCUT2D eigenvalue weighted by molar-refractivity contribution is 5.90. The molecule has 3 heterocycles. The number of rotatable bonds is 3. The second kappa shape index (κ2) is 7.13. The highest BCUT2D eigenvalue weighted by atomic mass is 16.2. The summed E-state index contributed by atoms with van der Waals surface area (Å²) in [7, 11) is 1.68. The number of imidazole rings is 1. The lowest BCUT2D eigenvalue weighted by Crippen LogP contribution is -2.43. The fraction of sp³-hybridized carbons (Fsp3) is 0.500. The van der Waals surface area contributed by atoms with Gasteiger partial charge in [0.05, 0.1) is 6.04 Å². The molecule has 1 atom stereocenters. The molecule has 1 saturated heterocycles. The second-order valence-corrected chi connectivity index (χ2v) is 6.50. The number of aromatic nitrogens is 3. The number of piperidine rings is 1. The van der Waals surface area contributed by atoms with E-state index >= 15 is 0 Å². The van der Waals surface area contributed by atoms with Gasteiger partial charge in [0.2, 0.25) is 0 Å². The summed E-state index contributed by atoms with van der Waals surface area (Å²) >= 11 is 0. The third kappa shape index (κ3) is 3.31. The molecule has 0 unspecified atom stereocenters. The number of carbonyl (C=O) groups is 1. The summed E-state index contributed by atoms with van der Waals surface area (Å²) in [5.74, 6) is 0.912. The highest BCUT2D eigenvalue weighted by Gasteiger charge is 2.31. The number of hydrogen-bond acceptors (Lipinski definition) is 3. The Morgan fingerprint density at radius 1 is 1.36 bits per heavy atom. The lowest BCUT2D eigenvalue weighted by Gasteiger charge is -2.35. The van der Waals surface area contributed by atoms with Crippen LogP contribution in [0.25, 0.3) is 0 Å². The molecular formula is C18H25N5O2. The van der Waals surface area contributed by atoms with Gasteiger partial charge >= 0.3 is 6.03 Å². The second-order valence-electron chi connectivity index (χ2n) is 6.50. The summed E-state index contributed by atoms with van der Waals surface area (Å²) < 4.78 is 3.54. The van der Waals surface area contributed by atoms with Crippen LogP contribution in [0.1, 0.15) is 43.6 Å². The fourth-order valence-electron chi connectivity index (χ4n) is 3.38. The number of carbonyl (C=O) groups excluding carboxylic acids is 1. The van der Waals surface area contributed by atoms with Crippen molar-refractivity contribution in [1.82, 2.24) is 19.0 Å². The van der Waals surface area contributed by atoms with E-state index < -0.39 is 0 Å². The Bertz CT molecular complexity index is 823. The van der Waals surface area contributed by atoms with Gasteiger partial charge in [0, 0.05) is 38.7 Å². The standard InChI is InChI=1S/C18H25N5O2/c1-4-22-12-9-19-16(22)14-7-5-6-10-23(14)18(25)20-15-13(2)8-11-21(3)17(15)24/h8-9,11-12,14H,4-7,10H2,1-3H3,(H,20,25)/t14-/m1/s1. The molecule has 25 heavy (non-hydrogen) atoms. The Balaban J connectivity index is 1.87. The minimum Gasteiger partial charge on any atom is -0.333 e. The molecule has 134 valence electrons. The van der Waals surface area contributed by atoms with Crippen LogP contribution in [0.3, 0.4) is 0 Å². The van der Waals surface area contributed by atoms with Crippen molar-refractivity contribution >= 4 is 11.7 Å². The van der Waals surface area contributed by atoms with Gasteiger partial charge in [0.1, 0.15) is 11.5 Å². The van der Waals surface area contributed by atoms with Crippen LogP contribution in [0.4, 0.5) is 10.5 Å². The normalized spacial score (nSPS) is 17.6. The van der Waals surface area contributed by atoms with E-state index in [0.717, 1.165) is 37.2 Å². The van der Waals surface area contributed by atoms with Crippen LogP contribution < -0.4 is 10.9 Å². The van der Waals surface area contributed by atoms with E-state index in [4.69, 9.17) is 0 Å². The zero-order valence-electron chi connectivity index (χ0n) is 15.0. The molecule has 1 fully saturated rings. The van der Waals surface area contributed by atoms with Crippen LogP contribution in [0.2, 0.25) is 0 Å². The molecule has 1 N–H and O–H groups in total. The van der Waals surface area contributed by atoms with E-state index in [1.807, 2.05) is 24.1 Å². The van der Waals surface area contributed by atoms with Crippen LogP contribution in [-0.4, -0.2) is 31.6 Å². The Morgan fingerprint density at radius 2 is 2.16 bits per heavy atom. The van der Waals surface area contributed by atoms with Crippen molar-refractivity contribution in [2.45, 2.75) is 45.7 Å². The van der Waals surface area contributed by atoms with Crippen molar-refractivity contribution in [3.05, 3.63) is 46.4 Å². The van der Waals surface area contributed by atoms with Gasteiger partial charge < -0.3 is 19.4 Å². The van der Waals surface area contributed by atoms with Crippen LogP contribution in [0.15, 0.2) is 29.5 Å². The molecular weight excluding hydrogens is 318 g/mol. The summed E-state index contributed by atoms with van der Waals surface area (Å²) in [6.45, 7) is 5.38. The molecule has 1 aliphatic heterocycles. The number of amides is 2. The molecule has 0 aliphatic carbocycles. The topological polar surface area (TPSA) is 72.2 Å². The van der Waals surface area contributed by atoms with E-state index in [1.165, 1.54) is 4.57 Å². The van der Waals surface area contributed by atoms with Gasteiger partial charge in [-0.3, -0.25) is 4.79 Å². The van der Waals surface area contributed by atoms with E-state index in [1.54, 1.807) is 19.4 Å². The van der Waals surface area contributed by atoms with Crippen molar-refractivity contribution < 1.29 is 4.79 Å². The maximum Gasteiger partial charge on any atom is 0.322 e. The molecule has 3 rings (SSSR count). The summed E-state index contributed by atoms with van der Waals surface area (Å²) in [6.07, 6.45) is 8.34. The molecule has 0 saturated carbocycles. The van der Waals surface area contributed by atoms with E-state index in [0.29, 0.717) is 12.2 Å². The molecule has 1 aliphatic rings. The van der Waals surface area contributed by atoms with E-state index in [9.17, 15) is 9.59 Å². The molecule has 0 bridgehead atoms. The number of urea groups is 1. The summed E-state index contributed by atoms with van der Waals surface area (Å²) in [4.78, 5) is 31.5. The monoisotopic (exact) mass is 343 g/mol. The predicted octanol–water partition coefficient (Wildman–Crippen LogP) is 2.67. The smallest absolute Gasteiger partial charge is 0.322 e. The minimum absolute atomic E-state index is 0.0587. The van der Waals surface area contributed by atoms with E-state index in [2.05, 4.69) is 21.8 Å². The van der Waals surface area contributed by atoms with Crippen LogP contribution in [0.5, 0.6) is 0 Å². The van der Waals surface area contributed by atoms with Gasteiger partial charge in [0.25, 0.3) is 5.56 Å². The van der Waals surface area contributed by atoms with Crippen molar-refractivity contribution in [1.29, 1.82) is 0 Å². The molecule has 2 aromatic rings. The van der Waals surface area contributed by atoms with Crippen molar-refractivity contribution in [2.24, 2.45) is 7.05 Å². The Kier molecular flexibility index (Phi) is 4.92. The van der Waals surface area contributed by atoms with Crippen LogP contribution in [0, 0.1) is 6.92 Å². The van der Waals surface area contributed by atoms with Crippen LogP contribution in [-0.2, 0) is 13.6 Å². The zero-order chi connectivity index (χ0) is 18.0. The average molecular weight is 343 g/mol. The van der Waals surface area contributed by atoms with Gasteiger partial charge in [-0.1, -0.05) is 0 Å². The Labute approximate surface area is 147 Å². The first-order valence-corrected chi connectivity index (χ1v) is 8.77. The zero-order valence-corrected chi connectivity index (χ0v) is 15.0. The van der Waals surface area contributed by atoms with Gasteiger partial charge in [-0.15, -0.1) is 0 Å². The van der Waals surface area contributed by atoms with Gasteiger partial charge in [-0.05, 0) is 44.7 Å². The van der Waals surface area contributed by atoms with Gasteiger partial charge in [0.15, 0.2) is 0 Å². The molecule has 2 amide bonds. The quantitative estimate of drug-likeness (QED) is 0.931. The maximum absolute atomic E-state index is 12.9. The number of aryl methyl sites for hydroxylation is 3. The molecule has 7 nitrogen and oxygen atoms in total. The molecule has 0 spiro atoms. The van der Waals surface area contributed by atoms with Gasteiger partial charge in [-0.25, -0.2) is 9.78 Å².